The molecule has 0 spiro atoms. The molecule has 4 nitrogen and oxygen atoms in total. The Morgan fingerprint density at radius 2 is 2.60 bits per heavy atom. The topological polar surface area (TPSA) is 44.1 Å². The molecule has 1 aromatic heterocycles. The third-order valence-corrected chi connectivity index (χ3v) is 1.20. The molecule has 4 heteroatoms. The van der Waals surface area contributed by atoms with E-state index in [1.807, 2.05) is 0 Å². The zero-order valence-electron chi connectivity index (χ0n) is 5.60. The molecule has 54 valence electrons. The lowest BCUT2D eigenvalue weighted by molar-refractivity contribution is -0.136. The Bertz CT molecular complexity index is 196. The van der Waals surface area contributed by atoms with Gasteiger partial charge in [0.05, 0.1) is 6.33 Å². The Morgan fingerprint density at radius 3 is 3.10 bits per heavy atom. The van der Waals surface area contributed by atoms with E-state index in [0.717, 1.165) is 0 Å². The van der Waals surface area contributed by atoms with Gasteiger partial charge in [-0.2, -0.15) is 0 Å². The van der Waals surface area contributed by atoms with Gasteiger partial charge in [-0.25, -0.2) is 4.98 Å². The van der Waals surface area contributed by atoms with Crippen LogP contribution in [-0.4, -0.2) is 16.0 Å². The van der Waals surface area contributed by atoms with Crippen LogP contribution in [0.2, 0.25) is 0 Å². The smallest absolute Gasteiger partial charge is 0.295 e. The average Bonchev–Trinajstić information content (AvgIpc) is 2.38. The van der Waals surface area contributed by atoms with Gasteiger partial charge in [0.1, 0.15) is 0 Å². The van der Waals surface area contributed by atoms with Crippen LogP contribution >= 0.6 is 0 Å². The van der Waals surface area contributed by atoms with Crippen molar-refractivity contribution in [2.45, 2.75) is 13.2 Å². The molecule has 0 fully saturated rings. The van der Waals surface area contributed by atoms with Crippen LogP contribution < -0.4 is 0 Å². The first kappa shape index (κ1) is 6.80. The average molecular weight is 140 g/mol. The molecule has 0 saturated carbocycles. The maximum atomic E-state index is 9.85. The summed E-state index contributed by atoms with van der Waals surface area (Å²) in [5, 5.41) is 0. The van der Waals surface area contributed by atoms with Crippen molar-refractivity contribution < 1.29 is 9.53 Å². The number of hydrogen-bond donors (Lipinski definition) is 0. The summed E-state index contributed by atoms with van der Waals surface area (Å²) >= 11 is 0. The lowest BCUT2D eigenvalue weighted by Gasteiger charge is -2.08. The summed E-state index contributed by atoms with van der Waals surface area (Å²) in [6, 6.07) is 0. The highest BCUT2D eigenvalue weighted by Gasteiger charge is 2.00. The monoisotopic (exact) mass is 140 g/mol. The highest BCUT2D eigenvalue weighted by Crippen LogP contribution is 2.02. The van der Waals surface area contributed by atoms with Crippen LogP contribution in [0.15, 0.2) is 18.7 Å². The minimum Gasteiger partial charge on any atom is -0.444 e. The first-order valence-electron chi connectivity index (χ1n) is 2.91. The van der Waals surface area contributed by atoms with E-state index in [2.05, 4.69) is 9.72 Å². The fraction of sp³-hybridized carbons (Fsp3) is 0.333. The summed E-state index contributed by atoms with van der Waals surface area (Å²) in [5.41, 5.74) is 0. The molecule has 0 saturated heterocycles. The van der Waals surface area contributed by atoms with Gasteiger partial charge >= 0.3 is 0 Å². The molecule has 0 N–H and O–H groups in total. The Labute approximate surface area is 58.4 Å². The van der Waals surface area contributed by atoms with Gasteiger partial charge in [0.15, 0.2) is 6.23 Å². The second-order valence-corrected chi connectivity index (χ2v) is 1.84. The summed E-state index contributed by atoms with van der Waals surface area (Å²) in [6.45, 7) is 2.18. The van der Waals surface area contributed by atoms with Crippen LogP contribution in [0.25, 0.3) is 0 Å². The minimum absolute atomic E-state index is 0.264. The number of carbonyl (C=O) groups is 1. The standard InChI is InChI=1S/C6H8N2O2/c1-6(10-5-9)8-3-2-7-4-8/h2-6H,1H3. The maximum absolute atomic E-state index is 9.85. The molecular weight excluding hydrogens is 132 g/mol. The van der Waals surface area contributed by atoms with E-state index in [1.165, 1.54) is 0 Å². The largest absolute Gasteiger partial charge is 0.444 e. The van der Waals surface area contributed by atoms with Gasteiger partial charge in [0.2, 0.25) is 0 Å². The molecule has 1 atom stereocenters. The molecule has 0 bridgehead atoms. The van der Waals surface area contributed by atoms with Crippen LogP contribution in [0.5, 0.6) is 0 Å². The first-order valence-corrected chi connectivity index (χ1v) is 2.91. The highest BCUT2D eigenvalue weighted by molar-refractivity contribution is 5.37. The van der Waals surface area contributed by atoms with Gasteiger partial charge in [-0.1, -0.05) is 0 Å². The van der Waals surface area contributed by atoms with Crippen LogP contribution in [-0.2, 0) is 9.53 Å². The minimum atomic E-state index is -0.264. The van der Waals surface area contributed by atoms with Gasteiger partial charge in [0.25, 0.3) is 6.47 Å². The first-order chi connectivity index (χ1) is 4.84. The zero-order chi connectivity index (χ0) is 7.40. The molecule has 0 aliphatic heterocycles. The van der Waals surface area contributed by atoms with Crippen molar-refractivity contribution in [2.75, 3.05) is 0 Å². The van der Waals surface area contributed by atoms with Crippen molar-refractivity contribution in [3.63, 3.8) is 0 Å². The van der Waals surface area contributed by atoms with Crippen molar-refractivity contribution >= 4 is 6.47 Å². The second-order valence-electron chi connectivity index (χ2n) is 1.84. The summed E-state index contributed by atoms with van der Waals surface area (Å²) in [5.74, 6) is 0. The van der Waals surface area contributed by atoms with Crippen LogP contribution in [0.3, 0.4) is 0 Å². The third kappa shape index (κ3) is 1.34. The summed E-state index contributed by atoms with van der Waals surface area (Å²) in [7, 11) is 0. The van der Waals surface area contributed by atoms with E-state index in [1.54, 1.807) is 30.2 Å². The van der Waals surface area contributed by atoms with Crippen molar-refractivity contribution in [3.05, 3.63) is 18.7 Å². The van der Waals surface area contributed by atoms with Gasteiger partial charge in [-0.3, -0.25) is 4.79 Å². The molecule has 0 aliphatic rings. The normalized spacial score (nSPS) is 12.5. The molecule has 0 radical (unpaired) electrons. The molecule has 0 amide bonds. The highest BCUT2D eigenvalue weighted by atomic mass is 16.5. The Kier molecular flexibility index (Phi) is 2.04. The number of rotatable bonds is 3. The Balaban J connectivity index is 2.58. The Morgan fingerprint density at radius 1 is 1.80 bits per heavy atom. The lowest BCUT2D eigenvalue weighted by atomic mass is 10.6. The van der Waals surface area contributed by atoms with Gasteiger partial charge in [-0.15, -0.1) is 0 Å². The van der Waals surface area contributed by atoms with Crippen molar-refractivity contribution in [1.29, 1.82) is 0 Å². The summed E-state index contributed by atoms with van der Waals surface area (Å²) in [4.78, 5) is 13.6. The molecule has 1 rings (SSSR count). The molecular formula is C6H8N2O2. The molecule has 1 heterocycles. The number of hydrogen-bond acceptors (Lipinski definition) is 3. The molecule has 1 aromatic rings. The molecule has 0 aliphatic carbocycles. The number of ether oxygens (including phenoxy) is 1. The maximum Gasteiger partial charge on any atom is 0.295 e. The summed E-state index contributed by atoms with van der Waals surface area (Å²) in [6.07, 6.45) is 4.69. The van der Waals surface area contributed by atoms with Crippen molar-refractivity contribution in [3.8, 4) is 0 Å². The van der Waals surface area contributed by atoms with Crippen molar-refractivity contribution in [1.82, 2.24) is 9.55 Å². The zero-order valence-corrected chi connectivity index (χ0v) is 5.60. The number of imidazole rings is 1. The van der Waals surface area contributed by atoms with E-state index in [9.17, 15) is 4.79 Å². The van der Waals surface area contributed by atoms with Crippen molar-refractivity contribution in [2.24, 2.45) is 0 Å². The predicted octanol–water partition coefficient (Wildman–Crippen LogP) is 0.575. The van der Waals surface area contributed by atoms with Gasteiger partial charge in [0, 0.05) is 12.4 Å². The van der Waals surface area contributed by atoms with E-state index < -0.39 is 0 Å². The van der Waals surface area contributed by atoms with Crippen LogP contribution in [0, 0.1) is 0 Å². The Hall–Kier alpha value is -1.32. The van der Waals surface area contributed by atoms with E-state index in [-0.39, 0.29) is 6.23 Å². The molecule has 10 heavy (non-hydrogen) atoms. The fourth-order valence-electron chi connectivity index (χ4n) is 0.635. The van der Waals surface area contributed by atoms with Crippen LogP contribution in [0.1, 0.15) is 13.2 Å². The number of carbonyl (C=O) groups excluding carboxylic acids is 1. The predicted molar refractivity (Wildman–Crippen MR) is 34.1 cm³/mol. The van der Waals surface area contributed by atoms with E-state index in [4.69, 9.17) is 0 Å². The number of aromatic nitrogens is 2. The molecule has 0 aromatic carbocycles. The molecule has 1 unspecified atom stereocenters. The quantitative estimate of drug-likeness (QED) is 0.576. The van der Waals surface area contributed by atoms with E-state index >= 15 is 0 Å². The number of nitrogens with zero attached hydrogens (tertiary/aromatic N) is 2. The van der Waals surface area contributed by atoms with Crippen LogP contribution in [0.4, 0.5) is 0 Å². The van der Waals surface area contributed by atoms with Gasteiger partial charge < -0.3 is 9.30 Å². The SMILES string of the molecule is CC(OC=O)n1ccnc1. The fourth-order valence-corrected chi connectivity index (χ4v) is 0.635. The summed E-state index contributed by atoms with van der Waals surface area (Å²) < 4.78 is 6.32. The third-order valence-electron chi connectivity index (χ3n) is 1.20. The lowest BCUT2D eigenvalue weighted by Crippen LogP contribution is -2.05. The second kappa shape index (κ2) is 3.00. The van der Waals surface area contributed by atoms with Gasteiger partial charge in [-0.05, 0) is 6.92 Å². The van der Waals surface area contributed by atoms with E-state index in [0.29, 0.717) is 6.47 Å².